The van der Waals surface area contributed by atoms with Crippen LogP contribution in [-0.4, -0.2) is 28.2 Å². The number of aromatic nitrogens is 2. The molecule has 1 N–H and O–H groups in total. The Labute approximate surface area is 181 Å². The fraction of sp³-hybridized carbons (Fsp3) is 0.190. The first kappa shape index (κ1) is 19.9. The van der Waals surface area contributed by atoms with Gasteiger partial charge in [-0.15, -0.1) is 0 Å². The van der Waals surface area contributed by atoms with Gasteiger partial charge in [0.15, 0.2) is 5.13 Å². The molecule has 0 aliphatic carbocycles. The van der Waals surface area contributed by atoms with Crippen molar-refractivity contribution >= 4 is 66.9 Å². The number of thiazole rings is 1. The van der Waals surface area contributed by atoms with Gasteiger partial charge in [-0.05, 0) is 49.7 Å². The number of ether oxygens (including phenoxy) is 1. The van der Waals surface area contributed by atoms with Crippen molar-refractivity contribution in [2.24, 2.45) is 0 Å². The number of halogens is 1. The van der Waals surface area contributed by atoms with Gasteiger partial charge in [0, 0.05) is 10.4 Å². The van der Waals surface area contributed by atoms with Crippen molar-refractivity contribution in [3.8, 4) is 5.75 Å². The average Bonchev–Trinajstić information content (AvgIpc) is 3.08. The van der Waals surface area contributed by atoms with E-state index < -0.39 is 0 Å². The highest BCUT2D eigenvalue weighted by Gasteiger charge is 2.18. The van der Waals surface area contributed by atoms with Gasteiger partial charge in [-0.25, -0.2) is 9.97 Å². The topological polar surface area (TPSA) is 64.1 Å². The summed E-state index contributed by atoms with van der Waals surface area (Å²) in [6.07, 6.45) is 0. The van der Waals surface area contributed by atoms with Gasteiger partial charge in [-0.1, -0.05) is 46.8 Å². The van der Waals surface area contributed by atoms with E-state index in [2.05, 4.69) is 10.3 Å². The zero-order valence-electron chi connectivity index (χ0n) is 16.0. The number of anilines is 1. The Hall–Kier alpha value is -2.35. The monoisotopic (exact) mass is 443 g/mol. The molecule has 2 aromatic carbocycles. The van der Waals surface area contributed by atoms with Crippen LogP contribution in [0.1, 0.15) is 12.5 Å². The maximum atomic E-state index is 12.7. The van der Waals surface area contributed by atoms with Crippen molar-refractivity contribution in [2.45, 2.75) is 24.1 Å². The van der Waals surface area contributed by atoms with Crippen molar-refractivity contribution in [1.29, 1.82) is 0 Å². The summed E-state index contributed by atoms with van der Waals surface area (Å²) in [6, 6.07) is 13.3. The lowest BCUT2D eigenvalue weighted by atomic mass is 10.1. The van der Waals surface area contributed by atoms with Gasteiger partial charge in [0.05, 0.1) is 27.6 Å². The molecule has 1 amide bonds. The number of para-hydroxylation sites is 1. The van der Waals surface area contributed by atoms with E-state index in [1.807, 2.05) is 50.2 Å². The van der Waals surface area contributed by atoms with E-state index in [0.717, 1.165) is 37.5 Å². The number of methoxy groups -OCH3 is 1. The first-order chi connectivity index (χ1) is 13.9. The first-order valence-corrected chi connectivity index (χ1v) is 11.0. The fourth-order valence-electron chi connectivity index (χ4n) is 2.98. The molecule has 1 unspecified atom stereocenters. The molecule has 8 heteroatoms. The van der Waals surface area contributed by atoms with Gasteiger partial charge in [-0.2, -0.15) is 0 Å². The van der Waals surface area contributed by atoms with Crippen molar-refractivity contribution in [1.82, 2.24) is 9.97 Å². The molecule has 1 atom stereocenters. The van der Waals surface area contributed by atoms with E-state index in [1.54, 1.807) is 13.2 Å². The molecule has 0 spiro atoms. The molecule has 0 saturated heterocycles. The maximum absolute atomic E-state index is 12.7. The molecule has 4 rings (SSSR count). The molecule has 148 valence electrons. The van der Waals surface area contributed by atoms with Gasteiger partial charge in [-0.3, -0.25) is 4.79 Å². The number of amides is 1. The molecule has 0 saturated carbocycles. The predicted octanol–water partition coefficient (Wildman–Crippen LogP) is 5.93. The second-order valence-corrected chi connectivity index (χ2v) is 9.34. The second kappa shape index (κ2) is 8.18. The highest BCUT2D eigenvalue weighted by atomic mass is 35.5. The molecule has 0 aliphatic rings. The van der Waals surface area contributed by atoms with Crippen LogP contribution in [0.2, 0.25) is 5.02 Å². The van der Waals surface area contributed by atoms with Crippen LogP contribution in [0.5, 0.6) is 5.75 Å². The minimum absolute atomic E-state index is 0.125. The van der Waals surface area contributed by atoms with Gasteiger partial charge in [0.1, 0.15) is 11.3 Å². The third kappa shape index (κ3) is 4.17. The Balaban J connectivity index is 1.53. The fourth-order valence-corrected chi connectivity index (χ4v) is 5.04. The molecular weight excluding hydrogens is 426 g/mol. The first-order valence-electron chi connectivity index (χ1n) is 8.92. The summed E-state index contributed by atoms with van der Waals surface area (Å²) >= 11 is 8.83. The standard InChI is InChI=1S/C21H18ClN3O2S2/c1-11-9-18(24-19-14(11)5-4-6-16(19)27-3)28-12(2)20(26)25-21-23-15-8-7-13(22)10-17(15)29-21/h4-10,12H,1-3H3,(H,23,25,26). The lowest BCUT2D eigenvalue weighted by molar-refractivity contribution is -0.115. The molecule has 5 nitrogen and oxygen atoms in total. The molecule has 0 aliphatic heterocycles. The van der Waals surface area contributed by atoms with Crippen LogP contribution in [0.3, 0.4) is 0 Å². The predicted molar refractivity (Wildman–Crippen MR) is 122 cm³/mol. The molecular formula is C21H18ClN3O2S2. The van der Waals surface area contributed by atoms with Crippen LogP contribution in [0, 0.1) is 6.92 Å². The van der Waals surface area contributed by atoms with Crippen molar-refractivity contribution in [3.63, 3.8) is 0 Å². The number of pyridine rings is 1. The van der Waals surface area contributed by atoms with E-state index in [1.165, 1.54) is 23.1 Å². The van der Waals surface area contributed by atoms with E-state index >= 15 is 0 Å². The van der Waals surface area contributed by atoms with E-state index in [0.29, 0.717) is 10.2 Å². The average molecular weight is 444 g/mol. The molecule has 2 heterocycles. The summed E-state index contributed by atoms with van der Waals surface area (Å²) in [5.74, 6) is 0.595. The van der Waals surface area contributed by atoms with Crippen molar-refractivity contribution in [3.05, 3.63) is 53.1 Å². The van der Waals surface area contributed by atoms with Crippen LogP contribution in [0.15, 0.2) is 47.5 Å². The molecule has 29 heavy (non-hydrogen) atoms. The number of rotatable bonds is 5. The summed E-state index contributed by atoms with van der Waals surface area (Å²) < 4.78 is 6.38. The highest BCUT2D eigenvalue weighted by molar-refractivity contribution is 8.00. The quantitative estimate of drug-likeness (QED) is 0.387. The minimum Gasteiger partial charge on any atom is -0.494 e. The van der Waals surface area contributed by atoms with E-state index in [9.17, 15) is 4.79 Å². The lowest BCUT2D eigenvalue weighted by Gasteiger charge is -2.12. The van der Waals surface area contributed by atoms with Gasteiger partial charge >= 0.3 is 0 Å². The van der Waals surface area contributed by atoms with E-state index in [4.69, 9.17) is 21.3 Å². The zero-order chi connectivity index (χ0) is 20.5. The maximum Gasteiger partial charge on any atom is 0.239 e. The summed E-state index contributed by atoms with van der Waals surface area (Å²) in [7, 11) is 1.63. The highest BCUT2D eigenvalue weighted by Crippen LogP contribution is 2.32. The van der Waals surface area contributed by atoms with Crippen molar-refractivity contribution in [2.75, 3.05) is 12.4 Å². The number of aryl methyl sites for hydroxylation is 1. The van der Waals surface area contributed by atoms with Gasteiger partial charge in [0.25, 0.3) is 0 Å². The van der Waals surface area contributed by atoms with Crippen LogP contribution in [0.4, 0.5) is 5.13 Å². The SMILES string of the molecule is COc1cccc2c(C)cc(SC(C)C(=O)Nc3nc4ccc(Cl)cc4s3)nc12. The molecule has 0 bridgehead atoms. The number of nitrogens with zero attached hydrogens (tertiary/aromatic N) is 2. The Morgan fingerprint density at radius 3 is 2.86 bits per heavy atom. The Kier molecular flexibility index (Phi) is 5.63. The number of thioether (sulfide) groups is 1. The molecule has 0 radical (unpaired) electrons. The number of hydrogen-bond donors (Lipinski definition) is 1. The lowest BCUT2D eigenvalue weighted by Crippen LogP contribution is -2.22. The Morgan fingerprint density at radius 1 is 1.24 bits per heavy atom. The summed E-state index contributed by atoms with van der Waals surface area (Å²) in [5, 5.41) is 5.58. The minimum atomic E-state index is -0.343. The van der Waals surface area contributed by atoms with Gasteiger partial charge in [0.2, 0.25) is 5.91 Å². The zero-order valence-corrected chi connectivity index (χ0v) is 18.4. The number of carbonyl (C=O) groups excluding carboxylic acids is 1. The summed E-state index contributed by atoms with van der Waals surface area (Å²) in [5.41, 5.74) is 2.70. The van der Waals surface area contributed by atoms with Crippen LogP contribution in [0.25, 0.3) is 21.1 Å². The van der Waals surface area contributed by atoms with Gasteiger partial charge < -0.3 is 10.1 Å². The number of nitrogens with one attached hydrogen (secondary N) is 1. The third-order valence-electron chi connectivity index (χ3n) is 4.45. The largest absolute Gasteiger partial charge is 0.494 e. The summed E-state index contributed by atoms with van der Waals surface area (Å²) in [6.45, 7) is 3.89. The second-order valence-electron chi connectivity index (χ2n) is 6.51. The number of carbonyl (C=O) groups is 1. The van der Waals surface area contributed by atoms with Crippen molar-refractivity contribution < 1.29 is 9.53 Å². The Bertz CT molecular complexity index is 1230. The number of benzene rings is 2. The van der Waals surface area contributed by atoms with E-state index in [-0.39, 0.29) is 11.2 Å². The molecule has 0 fully saturated rings. The summed E-state index contributed by atoms with van der Waals surface area (Å²) in [4.78, 5) is 21.8. The van der Waals surface area contributed by atoms with Crippen LogP contribution in [-0.2, 0) is 4.79 Å². The number of fused-ring (bicyclic) bond motifs is 2. The van der Waals surface area contributed by atoms with Crippen LogP contribution < -0.4 is 10.1 Å². The molecule has 4 aromatic rings. The van der Waals surface area contributed by atoms with Crippen LogP contribution >= 0.6 is 34.7 Å². The number of hydrogen-bond acceptors (Lipinski definition) is 6. The normalized spacial score (nSPS) is 12.3. The third-order valence-corrected chi connectivity index (χ3v) is 6.64. The smallest absolute Gasteiger partial charge is 0.239 e. The molecule has 2 aromatic heterocycles. The Morgan fingerprint density at radius 2 is 2.07 bits per heavy atom.